The van der Waals surface area contributed by atoms with Crippen molar-refractivity contribution in [3.63, 3.8) is 0 Å². The number of aromatic nitrogens is 1. The smallest absolute Gasteiger partial charge is 0.340 e. The molecule has 1 N–H and O–H groups in total. The zero-order valence-electron chi connectivity index (χ0n) is 11.5. The summed E-state index contributed by atoms with van der Waals surface area (Å²) in [6.45, 7) is 1.46. The van der Waals surface area contributed by atoms with E-state index in [0.29, 0.717) is 10.8 Å². The molecule has 0 fully saturated rings. The number of hydrogen-bond donors (Lipinski definition) is 1. The van der Waals surface area contributed by atoms with E-state index in [2.05, 4.69) is 10.3 Å². The zero-order valence-corrected chi connectivity index (χ0v) is 13.1. The van der Waals surface area contributed by atoms with Gasteiger partial charge in [0.2, 0.25) is 0 Å². The summed E-state index contributed by atoms with van der Waals surface area (Å²) in [5.74, 6) is -0.859. The average molecular weight is 339 g/mol. The van der Waals surface area contributed by atoms with Gasteiger partial charge in [-0.25, -0.2) is 9.78 Å². The second-order valence-electron chi connectivity index (χ2n) is 4.38. The number of carbonyl (C=O) groups is 2. The van der Waals surface area contributed by atoms with Crippen LogP contribution < -0.4 is 5.32 Å². The summed E-state index contributed by atoms with van der Waals surface area (Å²) in [6, 6.07) is 9.58. The number of nitrogens with one attached hydrogen (secondary N) is 1. The topological polar surface area (TPSA) is 68.3 Å². The Labute approximate surface area is 137 Å². The lowest BCUT2D eigenvalue weighted by Crippen LogP contribution is -2.30. The molecule has 0 bridgehead atoms. The van der Waals surface area contributed by atoms with Crippen LogP contribution in [0.1, 0.15) is 17.3 Å². The van der Waals surface area contributed by atoms with Gasteiger partial charge in [-0.1, -0.05) is 35.3 Å². The number of ether oxygens (including phenoxy) is 1. The highest BCUT2D eigenvalue weighted by atomic mass is 35.5. The molecule has 5 nitrogen and oxygen atoms in total. The standard InChI is InChI=1S/C15H12Cl2N2O3/c1-9(14(20)19-13-7-6-10(16)8-18-13)22-15(21)11-4-2-3-5-12(11)17/h2-9H,1H3,(H,18,19,20)/t9-/m0/s1. The van der Waals surface area contributed by atoms with Crippen LogP contribution in [0.5, 0.6) is 0 Å². The molecule has 1 aromatic carbocycles. The Morgan fingerprint density at radius 3 is 2.55 bits per heavy atom. The van der Waals surface area contributed by atoms with Crippen molar-refractivity contribution in [3.8, 4) is 0 Å². The maximum Gasteiger partial charge on any atom is 0.340 e. The molecule has 0 aliphatic carbocycles. The maximum atomic E-state index is 12.0. The van der Waals surface area contributed by atoms with Crippen LogP contribution in [0, 0.1) is 0 Å². The van der Waals surface area contributed by atoms with Gasteiger partial charge in [0, 0.05) is 6.20 Å². The van der Waals surface area contributed by atoms with Crippen LogP contribution in [0.4, 0.5) is 5.82 Å². The fraction of sp³-hybridized carbons (Fsp3) is 0.133. The Morgan fingerprint density at radius 1 is 1.18 bits per heavy atom. The predicted molar refractivity (Wildman–Crippen MR) is 84.2 cm³/mol. The molecule has 2 aromatic rings. The van der Waals surface area contributed by atoms with Crippen LogP contribution in [0.3, 0.4) is 0 Å². The first-order valence-corrected chi connectivity index (χ1v) is 7.11. The highest BCUT2D eigenvalue weighted by molar-refractivity contribution is 6.33. The van der Waals surface area contributed by atoms with Gasteiger partial charge in [-0.15, -0.1) is 0 Å². The first-order valence-electron chi connectivity index (χ1n) is 6.35. The van der Waals surface area contributed by atoms with Gasteiger partial charge in [0.1, 0.15) is 5.82 Å². The number of carbonyl (C=O) groups excluding carboxylic acids is 2. The van der Waals surface area contributed by atoms with E-state index >= 15 is 0 Å². The van der Waals surface area contributed by atoms with Crippen molar-refractivity contribution in [2.45, 2.75) is 13.0 Å². The van der Waals surface area contributed by atoms with Crippen molar-refractivity contribution in [1.29, 1.82) is 0 Å². The summed E-state index contributed by atoms with van der Waals surface area (Å²) in [5.41, 5.74) is 0.202. The number of anilines is 1. The molecule has 0 aliphatic heterocycles. The lowest BCUT2D eigenvalue weighted by Gasteiger charge is -2.13. The van der Waals surface area contributed by atoms with Gasteiger partial charge in [0.25, 0.3) is 5.91 Å². The highest BCUT2D eigenvalue weighted by Gasteiger charge is 2.20. The van der Waals surface area contributed by atoms with Gasteiger partial charge in [0.15, 0.2) is 6.10 Å². The molecule has 0 saturated carbocycles. The minimum Gasteiger partial charge on any atom is -0.449 e. The summed E-state index contributed by atoms with van der Waals surface area (Å²) >= 11 is 11.6. The van der Waals surface area contributed by atoms with Crippen LogP contribution in [-0.2, 0) is 9.53 Å². The fourth-order valence-electron chi connectivity index (χ4n) is 1.58. The van der Waals surface area contributed by atoms with E-state index in [1.165, 1.54) is 19.2 Å². The Morgan fingerprint density at radius 2 is 1.91 bits per heavy atom. The number of benzene rings is 1. The third kappa shape index (κ3) is 4.19. The SMILES string of the molecule is C[C@H](OC(=O)c1ccccc1Cl)C(=O)Nc1ccc(Cl)cn1. The molecular formula is C15H12Cl2N2O3. The van der Waals surface area contributed by atoms with Gasteiger partial charge in [-0.2, -0.15) is 0 Å². The molecule has 0 spiro atoms. The van der Waals surface area contributed by atoms with Crippen molar-refractivity contribution in [2.75, 3.05) is 5.32 Å². The number of nitrogens with zero attached hydrogens (tertiary/aromatic N) is 1. The molecule has 7 heteroatoms. The molecule has 0 radical (unpaired) electrons. The third-order valence-electron chi connectivity index (χ3n) is 2.73. The number of esters is 1. The first kappa shape index (κ1) is 16.3. The molecule has 22 heavy (non-hydrogen) atoms. The lowest BCUT2D eigenvalue weighted by molar-refractivity contribution is -0.123. The van der Waals surface area contributed by atoms with E-state index in [1.54, 1.807) is 30.3 Å². The molecule has 0 aliphatic rings. The highest BCUT2D eigenvalue weighted by Crippen LogP contribution is 2.17. The summed E-state index contributed by atoms with van der Waals surface area (Å²) in [7, 11) is 0. The predicted octanol–water partition coefficient (Wildman–Crippen LogP) is 3.57. The van der Waals surface area contributed by atoms with Gasteiger partial charge in [0.05, 0.1) is 15.6 Å². The summed E-state index contributed by atoms with van der Waals surface area (Å²) < 4.78 is 5.09. The largest absolute Gasteiger partial charge is 0.449 e. The van der Waals surface area contributed by atoms with E-state index in [4.69, 9.17) is 27.9 Å². The van der Waals surface area contributed by atoms with Crippen LogP contribution in [0.2, 0.25) is 10.0 Å². The molecule has 1 aromatic heterocycles. The quantitative estimate of drug-likeness (QED) is 0.865. The molecule has 0 unspecified atom stereocenters. The molecule has 1 heterocycles. The number of amides is 1. The molecular weight excluding hydrogens is 327 g/mol. The first-order chi connectivity index (χ1) is 10.5. The average Bonchev–Trinajstić information content (AvgIpc) is 2.49. The molecule has 1 atom stereocenters. The monoisotopic (exact) mass is 338 g/mol. The number of rotatable bonds is 4. The van der Waals surface area contributed by atoms with Crippen molar-refractivity contribution in [3.05, 3.63) is 58.2 Å². The van der Waals surface area contributed by atoms with Crippen LogP contribution in [0.25, 0.3) is 0 Å². The van der Waals surface area contributed by atoms with Crippen LogP contribution in [-0.4, -0.2) is 23.0 Å². The van der Waals surface area contributed by atoms with E-state index in [9.17, 15) is 9.59 Å². The van der Waals surface area contributed by atoms with E-state index < -0.39 is 18.0 Å². The number of hydrogen-bond acceptors (Lipinski definition) is 4. The Bertz CT molecular complexity index is 689. The third-order valence-corrected chi connectivity index (χ3v) is 3.28. The van der Waals surface area contributed by atoms with Gasteiger partial charge in [-0.05, 0) is 31.2 Å². The molecule has 2 rings (SSSR count). The van der Waals surface area contributed by atoms with Crippen molar-refractivity contribution < 1.29 is 14.3 Å². The second-order valence-corrected chi connectivity index (χ2v) is 5.22. The molecule has 1 amide bonds. The number of pyridine rings is 1. The van der Waals surface area contributed by atoms with Crippen LogP contribution >= 0.6 is 23.2 Å². The molecule has 114 valence electrons. The number of halogens is 2. The van der Waals surface area contributed by atoms with Crippen molar-refractivity contribution in [2.24, 2.45) is 0 Å². The van der Waals surface area contributed by atoms with E-state index in [1.807, 2.05) is 0 Å². The molecule has 0 saturated heterocycles. The lowest BCUT2D eigenvalue weighted by atomic mass is 10.2. The minimum absolute atomic E-state index is 0.202. The van der Waals surface area contributed by atoms with Crippen molar-refractivity contribution >= 4 is 40.9 Å². The Balaban J connectivity index is 1.98. The summed E-state index contributed by atoms with van der Waals surface area (Å²) in [4.78, 5) is 27.8. The normalized spacial score (nSPS) is 11.6. The fourth-order valence-corrected chi connectivity index (χ4v) is 1.91. The van der Waals surface area contributed by atoms with Gasteiger partial charge in [-0.3, -0.25) is 4.79 Å². The maximum absolute atomic E-state index is 12.0. The van der Waals surface area contributed by atoms with Gasteiger partial charge < -0.3 is 10.1 Å². The van der Waals surface area contributed by atoms with Gasteiger partial charge >= 0.3 is 5.97 Å². The Hall–Kier alpha value is -2.11. The Kier molecular flexibility index (Phi) is 5.35. The van der Waals surface area contributed by atoms with E-state index in [0.717, 1.165) is 0 Å². The summed E-state index contributed by atoms with van der Waals surface area (Å²) in [6.07, 6.45) is 0.402. The van der Waals surface area contributed by atoms with Crippen LogP contribution in [0.15, 0.2) is 42.6 Å². The van der Waals surface area contributed by atoms with E-state index in [-0.39, 0.29) is 10.6 Å². The minimum atomic E-state index is -0.999. The summed E-state index contributed by atoms with van der Waals surface area (Å²) in [5, 5.41) is 3.24. The zero-order chi connectivity index (χ0) is 16.1. The van der Waals surface area contributed by atoms with Crippen molar-refractivity contribution in [1.82, 2.24) is 4.98 Å². The second kappa shape index (κ2) is 7.24.